The molecule has 0 radical (unpaired) electrons. The summed E-state index contributed by atoms with van der Waals surface area (Å²) < 4.78 is 2.36. The maximum Gasteiger partial charge on any atom is 0.356 e. The van der Waals surface area contributed by atoms with Gasteiger partial charge in [-0.25, -0.2) is 14.3 Å². The number of rotatable bonds is 1. The standard InChI is InChI=1S/C7H6BrN3O2/c1-3-5(8)6-9-4(7(12)13)2-11(6)10-3/h2,10H,1H3,(H,12,13). The first-order chi connectivity index (χ1) is 6.09. The van der Waals surface area contributed by atoms with Gasteiger partial charge in [-0.2, -0.15) is 0 Å². The highest BCUT2D eigenvalue weighted by Gasteiger charge is 2.13. The monoisotopic (exact) mass is 243 g/mol. The van der Waals surface area contributed by atoms with E-state index in [0.29, 0.717) is 5.65 Å². The van der Waals surface area contributed by atoms with Crippen LogP contribution in [0, 0.1) is 6.92 Å². The average molecular weight is 244 g/mol. The Balaban J connectivity index is 2.72. The molecule has 2 rings (SSSR count). The zero-order valence-corrected chi connectivity index (χ0v) is 8.29. The molecular formula is C7H6BrN3O2. The first-order valence-corrected chi connectivity index (χ1v) is 4.35. The Labute approximate surface area is 81.5 Å². The van der Waals surface area contributed by atoms with Gasteiger partial charge in [-0.05, 0) is 22.9 Å². The average Bonchev–Trinajstić information content (AvgIpc) is 2.55. The molecule has 2 aromatic heterocycles. The third-order valence-electron chi connectivity index (χ3n) is 1.74. The second-order valence-corrected chi connectivity index (χ2v) is 3.47. The number of hydrogen-bond donors (Lipinski definition) is 2. The number of aryl methyl sites for hydroxylation is 1. The van der Waals surface area contributed by atoms with Crippen LogP contribution in [0.3, 0.4) is 0 Å². The van der Waals surface area contributed by atoms with Crippen LogP contribution in [0.15, 0.2) is 10.7 Å². The van der Waals surface area contributed by atoms with E-state index in [1.807, 2.05) is 6.92 Å². The van der Waals surface area contributed by atoms with E-state index in [4.69, 9.17) is 5.11 Å². The number of carboxylic acid groups (broad SMARTS) is 1. The Kier molecular flexibility index (Phi) is 1.66. The van der Waals surface area contributed by atoms with Crippen LogP contribution < -0.4 is 0 Å². The molecule has 0 saturated carbocycles. The molecule has 0 unspecified atom stereocenters. The van der Waals surface area contributed by atoms with Crippen LogP contribution in [-0.2, 0) is 0 Å². The summed E-state index contributed by atoms with van der Waals surface area (Å²) in [5.41, 5.74) is 1.54. The Morgan fingerprint density at radius 1 is 1.77 bits per heavy atom. The molecule has 0 aliphatic carbocycles. The van der Waals surface area contributed by atoms with Crippen molar-refractivity contribution in [3.8, 4) is 0 Å². The summed E-state index contributed by atoms with van der Waals surface area (Å²) in [6.45, 7) is 1.87. The third kappa shape index (κ3) is 1.14. The molecule has 2 heterocycles. The minimum atomic E-state index is -1.03. The Bertz CT molecular complexity index is 485. The quantitative estimate of drug-likeness (QED) is 0.797. The SMILES string of the molecule is Cc1[nH]n2cc(C(=O)O)nc2c1Br. The van der Waals surface area contributed by atoms with Crippen molar-refractivity contribution in [1.29, 1.82) is 0 Å². The highest BCUT2D eigenvalue weighted by Crippen LogP contribution is 2.20. The molecule has 0 atom stereocenters. The first-order valence-electron chi connectivity index (χ1n) is 3.56. The number of H-pyrrole nitrogens is 1. The molecule has 0 aromatic carbocycles. The predicted molar refractivity (Wildman–Crippen MR) is 48.9 cm³/mol. The lowest BCUT2D eigenvalue weighted by Crippen LogP contribution is -1.95. The van der Waals surface area contributed by atoms with Gasteiger partial charge in [-0.1, -0.05) is 0 Å². The lowest BCUT2D eigenvalue weighted by molar-refractivity contribution is 0.0691. The number of carboxylic acids is 1. The number of halogens is 1. The number of imidazole rings is 1. The molecule has 0 spiro atoms. The summed E-state index contributed by atoms with van der Waals surface area (Å²) in [6, 6.07) is 0. The molecule has 2 N–H and O–H groups in total. The number of hydrogen-bond acceptors (Lipinski definition) is 2. The van der Waals surface area contributed by atoms with Gasteiger partial charge in [0.15, 0.2) is 11.3 Å². The number of aromatic nitrogens is 3. The van der Waals surface area contributed by atoms with Gasteiger partial charge in [0.2, 0.25) is 0 Å². The number of nitrogens with one attached hydrogen (secondary N) is 1. The summed E-state index contributed by atoms with van der Waals surface area (Å²) in [5, 5.41) is 11.6. The van der Waals surface area contributed by atoms with Crippen LogP contribution in [-0.4, -0.2) is 25.7 Å². The largest absolute Gasteiger partial charge is 0.476 e. The molecule has 0 aliphatic rings. The second kappa shape index (κ2) is 2.59. The molecule has 68 valence electrons. The summed E-state index contributed by atoms with van der Waals surface area (Å²) in [5.74, 6) is -1.03. The van der Waals surface area contributed by atoms with Crippen LogP contribution in [0.5, 0.6) is 0 Å². The van der Waals surface area contributed by atoms with E-state index in [2.05, 4.69) is 26.0 Å². The van der Waals surface area contributed by atoms with Crippen molar-refractivity contribution in [3.63, 3.8) is 0 Å². The number of aromatic carboxylic acids is 1. The van der Waals surface area contributed by atoms with E-state index in [1.165, 1.54) is 6.20 Å². The fourth-order valence-corrected chi connectivity index (χ4v) is 1.49. The van der Waals surface area contributed by atoms with Crippen molar-refractivity contribution in [2.75, 3.05) is 0 Å². The van der Waals surface area contributed by atoms with E-state index in [9.17, 15) is 4.79 Å². The van der Waals surface area contributed by atoms with Crippen LogP contribution in [0.1, 0.15) is 16.2 Å². The molecule has 0 saturated heterocycles. The Hall–Kier alpha value is -1.30. The fraction of sp³-hybridized carbons (Fsp3) is 0.143. The molecule has 2 aromatic rings. The van der Waals surface area contributed by atoms with Gasteiger partial charge in [-0.15, -0.1) is 0 Å². The van der Waals surface area contributed by atoms with Crippen LogP contribution in [0.2, 0.25) is 0 Å². The minimum absolute atomic E-state index is 0.0342. The van der Waals surface area contributed by atoms with Crippen LogP contribution in [0.4, 0.5) is 0 Å². The van der Waals surface area contributed by atoms with E-state index < -0.39 is 5.97 Å². The van der Waals surface area contributed by atoms with E-state index in [1.54, 1.807) is 4.52 Å². The zero-order valence-electron chi connectivity index (χ0n) is 6.71. The molecule has 5 nitrogen and oxygen atoms in total. The van der Waals surface area contributed by atoms with Crippen molar-refractivity contribution >= 4 is 27.5 Å². The van der Waals surface area contributed by atoms with Gasteiger partial charge in [0, 0.05) is 5.69 Å². The molecular weight excluding hydrogens is 238 g/mol. The topological polar surface area (TPSA) is 70.4 Å². The number of aromatic amines is 1. The highest BCUT2D eigenvalue weighted by atomic mass is 79.9. The maximum atomic E-state index is 10.6. The summed E-state index contributed by atoms with van der Waals surface area (Å²) in [6.07, 6.45) is 1.44. The molecule has 13 heavy (non-hydrogen) atoms. The number of nitrogens with zero attached hydrogens (tertiary/aromatic N) is 2. The second-order valence-electron chi connectivity index (χ2n) is 2.68. The van der Waals surface area contributed by atoms with E-state index in [-0.39, 0.29) is 5.69 Å². The minimum Gasteiger partial charge on any atom is -0.476 e. The molecule has 0 aliphatic heterocycles. The number of carbonyl (C=O) groups is 1. The van der Waals surface area contributed by atoms with Crippen LogP contribution >= 0.6 is 15.9 Å². The third-order valence-corrected chi connectivity index (χ3v) is 2.69. The van der Waals surface area contributed by atoms with Crippen molar-refractivity contribution in [1.82, 2.24) is 14.6 Å². The Morgan fingerprint density at radius 2 is 2.46 bits per heavy atom. The summed E-state index contributed by atoms with van der Waals surface area (Å²) >= 11 is 3.31. The van der Waals surface area contributed by atoms with Gasteiger partial charge < -0.3 is 5.11 Å². The van der Waals surface area contributed by atoms with Crippen molar-refractivity contribution < 1.29 is 9.90 Å². The van der Waals surface area contributed by atoms with E-state index >= 15 is 0 Å². The lowest BCUT2D eigenvalue weighted by atomic mass is 10.5. The Morgan fingerprint density at radius 3 is 3.00 bits per heavy atom. The van der Waals surface area contributed by atoms with Gasteiger partial charge in [0.25, 0.3) is 0 Å². The number of fused-ring (bicyclic) bond motifs is 1. The van der Waals surface area contributed by atoms with Crippen LogP contribution in [0.25, 0.3) is 5.65 Å². The van der Waals surface area contributed by atoms with Gasteiger partial charge in [0.05, 0.1) is 10.7 Å². The zero-order chi connectivity index (χ0) is 9.59. The molecule has 0 fully saturated rings. The molecule has 0 bridgehead atoms. The maximum absolute atomic E-state index is 10.6. The smallest absolute Gasteiger partial charge is 0.356 e. The normalized spacial score (nSPS) is 10.9. The molecule has 6 heteroatoms. The van der Waals surface area contributed by atoms with Gasteiger partial charge in [-0.3, -0.25) is 5.10 Å². The summed E-state index contributed by atoms with van der Waals surface area (Å²) in [4.78, 5) is 14.5. The predicted octanol–water partition coefficient (Wildman–Crippen LogP) is 1.43. The lowest BCUT2D eigenvalue weighted by Gasteiger charge is -1.84. The highest BCUT2D eigenvalue weighted by molar-refractivity contribution is 9.10. The van der Waals surface area contributed by atoms with E-state index in [0.717, 1.165) is 10.2 Å². The summed E-state index contributed by atoms with van der Waals surface area (Å²) in [7, 11) is 0. The first kappa shape index (κ1) is 8.31. The van der Waals surface area contributed by atoms with Gasteiger partial charge >= 0.3 is 5.97 Å². The van der Waals surface area contributed by atoms with Crippen molar-refractivity contribution in [2.45, 2.75) is 6.92 Å². The molecule has 0 amide bonds. The van der Waals surface area contributed by atoms with Gasteiger partial charge in [0.1, 0.15) is 0 Å². The fourth-order valence-electron chi connectivity index (χ4n) is 1.12. The van der Waals surface area contributed by atoms with Crippen molar-refractivity contribution in [2.24, 2.45) is 0 Å². The van der Waals surface area contributed by atoms with Crippen molar-refractivity contribution in [3.05, 3.63) is 22.1 Å².